The first-order valence-corrected chi connectivity index (χ1v) is 8.68. The van der Waals surface area contributed by atoms with Crippen LogP contribution in [0.25, 0.3) is 0 Å². The van der Waals surface area contributed by atoms with E-state index in [4.69, 9.17) is 4.52 Å². The summed E-state index contributed by atoms with van der Waals surface area (Å²) in [6, 6.07) is 2.03. The summed E-state index contributed by atoms with van der Waals surface area (Å²) in [6.45, 7) is 8.09. The Balaban J connectivity index is 1.57. The van der Waals surface area contributed by atoms with Gasteiger partial charge in [-0.25, -0.2) is 0 Å². The van der Waals surface area contributed by atoms with Gasteiger partial charge in [0.15, 0.2) is 5.82 Å². The molecule has 1 atom stereocenters. The summed E-state index contributed by atoms with van der Waals surface area (Å²) in [4.78, 5) is 18.9. The molecule has 0 aromatic carbocycles. The molecule has 0 saturated carbocycles. The molecule has 3 heterocycles. The quantitative estimate of drug-likeness (QED) is 0.840. The molecule has 2 aromatic rings. The fourth-order valence-electron chi connectivity index (χ4n) is 3.24. The van der Waals surface area contributed by atoms with Gasteiger partial charge >= 0.3 is 0 Å². The van der Waals surface area contributed by atoms with Crippen LogP contribution in [0.1, 0.15) is 55.2 Å². The Kier molecular flexibility index (Phi) is 4.97. The minimum Gasteiger partial charge on any atom is -0.342 e. The SMILES string of the molecule is CCc1noc([C@@H]2CCCN(C(=O)CCn3nc(C)cc3C)C2)n1. The Morgan fingerprint density at radius 3 is 2.92 bits per heavy atom. The van der Waals surface area contributed by atoms with Crippen LogP contribution in [0.2, 0.25) is 0 Å². The van der Waals surface area contributed by atoms with E-state index in [2.05, 4.69) is 15.2 Å². The second-order valence-electron chi connectivity index (χ2n) is 6.48. The summed E-state index contributed by atoms with van der Waals surface area (Å²) in [7, 11) is 0. The number of carbonyl (C=O) groups is 1. The molecule has 1 amide bonds. The highest BCUT2D eigenvalue weighted by molar-refractivity contribution is 5.76. The van der Waals surface area contributed by atoms with E-state index in [1.165, 1.54) is 0 Å². The molecular formula is C17H25N5O2. The van der Waals surface area contributed by atoms with E-state index in [-0.39, 0.29) is 11.8 Å². The lowest BCUT2D eigenvalue weighted by molar-refractivity contribution is -0.132. The second kappa shape index (κ2) is 7.15. The first kappa shape index (κ1) is 16.7. The third-order valence-electron chi connectivity index (χ3n) is 4.56. The van der Waals surface area contributed by atoms with E-state index < -0.39 is 0 Å². The van der Waals surface area contributed by atoms with E-state index in [0.717, 1.165) is 43.0 Å². The van der Waals surface area contributed by atoms with Crippen LogP contribution < -0.4 is 0 Å². The molecule has 130 valence electrons. The Morgan fingerprint density at radius 2 is 2.25 bits per heavy atom. The number of amides is 1. The van der Waals surface area contributed by atoms with Gasteiger partial charge in [-0.15, -0.1) is 0 Å². The summed E-state index contributed by atoms with van der Waals surface area (Å²) in [5.74, 6) is 1.73. The van der Waals surface area contributed by atoms with E-state index in [9.17, 15) is 4.79 Å². The number of aryl methyl sites for hydroxylation is 4. The monoisotopic (exact) mass is 331 g/mol. The van der Waals surface area contributed by atoms with E-state index in [1.54, 1.807) is 0 Å². The molecule has 2 aromatic heterocycles. The Morgan fingerprint density at radius 1 is 1.42 bits per heavy atom. The number of rotatable bonds is 5. The number of carbonyl (C=O) groups excluding carboxylic acids is 1. The van der Waals surface area contributed by atoms with Crippen LogP contribution in [0.15, 0.2) is 10.6 Å². The first-order chi connectivity index (χ1) is 11.6. The molecule has 0 spiro atoms. The Hall–Kier alpha value is -2.18. The summed E-state index contributed by atoms with van der Waals surface area (Å²) in [5, 5.41) is 8.38. The van der Waals surface area contributed by atoms with Crippen LogP contribution >= 0.6 is 0 Å². The minimum atomic E-state index is 0.157. The molecule has 1 fully saturated rings. The molecule has 1 saturated heterocycles. The first-order valence-electron chi connectivity index (χ1n) is 8.68. The molecule has 1 aliphatic rings. The topological polar surface area (TPSA) is 77.0 Å². The van der Waals surface area contributed by atoms with Gasteiger partial charge in [-0.05, 0) is 32.8 Å². The highest BCUT2D eigenvalue weighted by Crippen LogP contribution is 2.26. The van der Waals surface area contributed by atoms with Crippen molar-refractivity contribution in [2.45, 2.75) is 58.9 Å². The lowest BCUT2D eigenvalue weighted by Crippen LogP contribution is -2.39. The molecule has 7 heteroatoms. The maximum Gasteiger partial charge on any atom is 0.231 e. The van der Waals surface area contributed by atoms with Gasteiger partial charge in [-0.2, -0.15) is 10.1 Å². The predicted octanol–water partition coefficient (Wildman–Crippen LogP) is 2.24. The molecule has 0 radical (unpaired) electrons. The van der Waals surface area contributed by atoms with Crippen LogP contribution in [0.5, 0.6) is 0 Å². The zero-order valence-electron chi connectivity index (χ0n) is 14.7. The van der Waals surface area contributed by atoms with Gasteiger partial charge in [0.2, 0.25) is 11.8 Å². The average molecular weight is 331 g/mol. The summed E-state index contributed by atoms with van der Waals surface area (Å²) in [5.41, 5.74) is 2.08. The maximum absolute atomic E-state index is 12.5. The van der Waals surface area contributed by atoms with Crippen LogP contribution in [0.4, 0.5) is 0 Å². The van der Waals surface area contributed by atoms with Crippen molar-refractivity contribution in [3.05, 3.63) is 29.2 Å². The molecule has 1 aliphatic heterocycles. The fraction of sp³-hybridized carbons (Fsp3) is 0.647. The number of aromatic nitrogens is 4. The molecule has 24 heavy (non-hydrogen) atoms. The van der Waals surface area contributed by atoms with Crippen molar-refractivity contribution in [1.29, 1.82) is 0 Å². The number of hydrogen-bond donors (Lipinski definition) is 0. The van der Waals surface area contributed by atoms with Gasteiger partial charge in [0.25, 0.3) is 0 Å². The van der Waals surface area contributed by atoms with Crippen molar-refractivity contribution >= 4 is 5.91 Å². The zero-order chi connectivity index (χ0) is 17.1. The Labute approximate surface area is 142 Å². The summed E-state index contributed by atoms with van der Waals surface area (Å²) < 4.78 is 7.26. The van der Waals surface area contributed by atoms with Crippen molar-refractivity contribution in [3.63, 3.8) is 0 Å². The van der Waals surface area contributed by atoms with Crippen molar-refractivity contribution < 1.29 is 9.32 Å². The van der Waals surface area contributed by atoms with Crippen molar-refractivity contribution in [3.8, 4) is 0 Å². The molecule has 7 nitrogen and oxygen atoms in total. The number of piperidine rings is 1. The van der Waals surface area contributed by atoms with Gasteiger partial charge in [-0.3, -0.25) is 9.48 Å². The Bertz CT molecular complexity index is 706. The zero-order valence-corrected chi connectivity index (χ0v) is 14.7. The minimum absolute atomic E-state index is 0.157. The molecule has 0 aliphatic carbocycles. The van der Waals surface area contributed by atoms with Gasteiger partial charge in [0.05, 0.1) is 11.6 Å². The van der Waals surface area contributed by atoms with E-state index >= 15 is 0 Å². The van der Waals surface area contributed by atoms with Gasteiger partial charge in [0, 0.05) is 38.2 Å². The fourth-order valence-corrected chi connectivity index (χ4v) is 3.24. The number of hydrogen-bond acceptors (Lipinski definition) is 5. The standard InChI is InChI=1S/C17H25N5O2/c1-4-15-18-17(24-20-15)14-6-5-8-21(11-14)16(23)7-9-22-13(3)10-12(2)19-22/h10,14H,4-9,11H2,1-3H3/t14-/m1/s1. The van der Waals surface area contributed by atoms with Crippen LogP contribution in [0, 0.1) is 13.8 Å². The van der Waals surface area contributed by atoms with Crippen molar-refractivity contribution in [2.24, 2.45) is 0 Å². The summed E-state index contributed by atoms with van der Waals surface area (Å²) >= 11 is 0. The lowest BCUT2D eigenvalue weighted by atomic mass is 9.97. The smallest absolute Gasteiger partial charge is 0.231 e. The summed E-state index contributed by atoms with van der Waals surface area (Å²) in [6.07, 6.45) is 3.20. The largest absolute Gasteiger partial charge is 0.342 e. The normalized spacial score (nSPS) is 18.1. The number of likely N-dealkylation sites (tertiary alicyclic amines) is 1. The highest BCUT2D eigenvalue weighted by Gasteiger charge is 2.28. The van der Waals surface area contributed by atoms with E-state index in [0.29, 0.717) is 25.4 Å². The molecular weight excluding hydrogens is 306 g/mol. The number of nitrogens with zero attached hydrogens (tertiary/aromatic N) is 5. The van der Waals surface area contributed by atoms with Crippen molar-refractivity contribution in [2.75, 3.05) is 13.1 Å². The third kappa shape index (κ3) is 3.66. The predicted molar refractivity (Wildman–Crippen MR) is 88.5 cm³/mol. The van der Waals surface area contributed by atoms with Gasteiger partial charge < -0.3 is 9.42 Å². The average Bonchev–Trinajstić information content (AvgIpc) is 3.19. The molecule has 3 rings (SSSR count). The second-order valence-corrected chi connectivity index (χ2v) is 6.48. The van der Waals surface area contributed by atoms with Gasteiger partial charge in [0.1, 0.15) is 0 Å². The maximum atomic E-state index is 12.5. The van der Waals surface area contributed by atoms with Gasteiger partial charge in [-0.1, -0.05) is 12.1 Å². The van der Waals surface area contributed by atoms with Crippen molar-refractivity contribution in [1.82, 2.24) is 24.8 Å². The van der Waals surface area contributed by atoms with Crippen LogP contribution in [0.3, 0.4) is 0 Å². The highest BCUT2D eigenvalue weighted by atomic mass is 16.5. The molecule has 0 N–H and O–H groups in total. The van der Waals surface area contributed by atoms with E-state index in [1.807, 2.05) is 36.4 Å². The third-order valence-corrected chi connectivity index (χ3v) is 4.56. The molecule has 0 unspecified atom stereocenters. The van der Waals surface area contributed by atoms with Crippen LogP contribution in [-0.2, 0) is 17.8 Å². The van der Waals surface area contributed by atoms with Crippen LogP contribution in [-0.4, -0.2) is 43.8 Å². The molecule has 0 bridgehead atoms. The lowest BCUT2D eigenvalue weighted by Gasteiger charge is -2.31.